The zero-order valence-corrected chi connectivity index (χ0v) is 16.9. The molecule has 152 valence electrons. The molecule has 28 heavy (non-hydrogen) atoms. The molecule has 4 N–H and O–H groups in total. The summed E-state index contributed by atoms with van der Waals surface area (Å²) in [6.07, 6.45) is 11.8. The molecule has 2 rings (SSSR count). The number of aromatic hydroxyl groups is 1. The maximum Gasteiger partial charge on any atom is 0.332 e. The molecule has 0 aliphatic carbocycles. The normalized spacial score (nSPS) is 11.7. The number of urea groups is 1. The maximum absolute atomic E-state index is 11.1. The maximum atomic E-state index is 11.1. The highest BCUT2D eigenvalue weighted by Gasteiger charge is 2.14. The van der Waals surface area contributed by atoms with Gasteiger partial charge >= 0.3 is 6.03 Å². The summed E-state index contributed by atoms with van der Waals surface area (Å²) in [7, 11) is 0. The van der Waals surface area contributed by atoms with Crippen LogP contribution in [0.5, 0.6) is 5.75 Å². The quantitative estimate of drug-likeness (QED) is 0.244. The van der Waals surface area contributed by atoms with Gasteiger partial charge in [-0.25, -0.2) is 10.2 Å². The zero-order valence-electron chi connectivity index (χ0n) is 16.9. The number of nitrogens with zero attached hydrogens (tertiary/aromatic N) is 1. The van der Waals surface area contributed by atoms with Crippen LogP contribution in [0.1, 0.15) is 76.7 Å². The van der Waals surface area contributed by atoms with Gasteiger partial charge in [-0.3, -0.25) is 0 Å². The second-order valence-electron chi connectivity index (χ2n) is 7.29. The highest BCUT2D eigenvalue weighted by molar-refractivity contribution is 6.13. The van der Waals surface area contributed by atoms with Gasteiger partial charge in [-0.15, -0.1) is 0 Å². The Morgan fingerprint density at radius 3 is 2.29 bits per heavy atom. The number of hydrogen-bond acceptors (Lipinski definition) is 3. The fourth-order valence-electron chi connectivity index (χ4n) is 3.53. The van der Waals surface area contributed by atoms with Crippen molar-refractivity contribution in [3.63, 3.8) is 0 Å². The van der Waals surface area contributed by atoms with Crippen molar-refractivity contribution >= 4 is 22.5 Å². The Bertz CT molecular complexity index is 787. The number of rotatable bonds is 12. The van der Waals surface area contributed by atoms with Crippen molar-refractivity contribution < 1.29 is 9.90 Å². The Morgan fingerprint density at radius 2 is 1.61 bits per heavy atom. The Balaban J connectivity index is 1.99. The van der Waals surface area contributed by atoms with Crippen LogP contribution in [0.25, 0.3) is 10.8 Å². The molecule has 2 aromatic carbocycles. The molecule has 5 nitrogen and oxygen atoms in total. The number of nitrogens with two attached hydrogens (primary N) is 1. The van der Waals surface area contributed by atoms with Crippen molar-refractivity contribution in [1.82, 2.24) is 5.43 Å². The summed E-state index contributed by atoms with van der Waals surface area (Å²) in [5.74, 6) is 0.166. The van der Waals surface area contributed by atoms with Crippen LogP contribution in [0.3, 0.4) is 0 Å². The van der Waals surface area contributed by atoms with E-state index in [1.54, 1.807) is 6.07 Å². The average Bonchev–Trinajstić information content (AvgIpc) is 2.69. The van der Waals surface area contributed by atoms with Crippen molar-refractivity contribution in [3.8, 4) is 5.75 Å². The van der Waals surface area contributed by atoms with Crippen molar-refractivity contribution in [3.05, 3.63) is 42.0 Å². The Hall–Kier alpha value is -2.56. The summed E-state index contributed by atoms with van der Waals surface area (Å²) in [5.41, 5.74) is 8.86. The molecule has 2 amide bonds. The summed E-state index contributed by atoms with van der Waals surface area (Å²) in [6, 6.07) is 10.7. The molecule has 0 aliphatic rings. The zero-order chi connectivity index (χ0) is 20.2. The van der Waals surface area contributed by atoms with E-state index < -0.39 is 6.03 Å². The van der Waals surface area contributed by atoms with Gasteiger partial charge in [-0.2, -0.15) is 5.10 Å². The minimum atomic E-state index is -0.704. The van der Waals surface area contributed by atoms with Gasteiger partial charge in [-0.1, -0.05) is 88.6 Å². The molecule has 5 heteroatoms. The molecule has 0 radical (unpaired) electrons. The van der Waals surface area contributed by atoms with Crippen molar-refractivity contribution in [2.24, 2.45) is 10.8 Å². The van der Waals surface area contributed by atoms with Gasteiger partial charge in [0.25, 0.3) is 0 Å². The predicted octanol–water partition coefficient (Wildman–Crippen LogP) is 5.84. The average molecular weight is 384 g/mol. The summed E-state index contributed by atoms with van der Waals surface area (Å²) in [4.78, 5) is 11.1. The number of unbranched alkanes of at least 4 members (excludes halogenated alkanes) is 8. The first-order valence-corrected chi connectivity index (χ1v) is 10.5. The second-order valence-corrected chi connectivity index (χ2v) is 7.29. The van der Waals surface area contributed by atoms with Gasteiger partial charge in [0.05, 0.1) is 5.71 Å². The van der Waals surface area contributed by atoms with E-state index >= 15 is 0 Å². The monoisotopic (exact) mass is 383 g/mol. The number of phenolic OH excluding ortho intramolecular Hbond substituents is 1. The lowest BCUT2D eigenvalue weighted by molar-refractivity contribution is 0.249. The van der Waals surface area contributed by atoms with Crippen LogP contribution in [0.4, 0.5) is 4.79 Å². The molecule has 0 unspecified atom stereocenters. The van der Waals surface area contributed by atoms with Crippen LogP contribution in [-0.4, -0.2) is 16.8 Å². The number of primary amides is 1. The Morgan fingerprint density at radius 1 is 0.964 bits per heavy atom. The molecular weight excluding hydrogens is 350 g/mol. The van der Waals surface area contributed by atoms with Crippen LogP contribution < -0.4 is 11.2 Å². The van der Waals surface area contributed by atoms with Crippen LogP contribution in [0.15, 0.2) is 41.5 Å². The molecule has 0 saturated carbocycles. The van der Waals surface area contributed by atoms with Crippen molar-refractivity contribution in [2.45, 2.75) is 71.1 Å². The SMILES string of the molecule is CCCCCCCCCCCC(=NNC(N)=O)c1c(O)ccc2ccccc12. The van der Waals surface area contributed by atoms with Crippen LogP contribution in [0, 0.1) is 0 Å². The summed E-state index contributed by atoms with van der Waals surface area (Å²) >= 11 is 0. The smallest absolute Gasteiger partial charge is 0.332 e. The van der Waals surface area contributed by atoms with Crippen LogP contribution in [0.2, 0.25) is 0 Å². The largest absolute Gasteiger partial charge is 0.507 e. The molecule has 0 heterocycles. The predicted molar refractivity (Wildman–Crippen MR) is 117 cm³/mol. The number of benzene rings is 2. The van der Waals surface area contributed by atoms with Gasteiger partial charge < -0.3 is 10.8 Å². The molecule has 0 spiro atoms. The van der Waals surface area contributed by atoms with Gasteiger partial charge in [0.1, 0.15) is 5.75 Å². The molecular formula is C23H33N3O2. The number of hydrogen-bond donors (Lipinski definition) is 3. The summed E-state index contributed by atoms with van der Waals surface area (Å²) < 4.78 is 0. The van der Waals surface area contributed by atoms with E-state index in [2.05, 4.69) is 17.5 Å². The van der Waals surface area contributed by atoms with Gasteiger partial charge in [0.2, 0.25) is 0 Å². The lowest BCUT2D eigenvalue weighted by atomic mass is 9.96. The Kier molecular flexibility index (Phi) is 9.32. The molecule has 0 atom stereocenters. The van der Waals surface area contributed by atoms with Crippen molar-refractivity contribution in [2.75, 3.05) is 0 Å². The second kappa shape index (κ2) is 12.0. The third kappa shape index (κ3) is 6.87. The van der Waals surface area contributed by atoms with Crippen LogP contribution >= 0.6 is 0 Å². The molecule has 2 aromatic rings. The number of carbonyl (C=O) groups is 1. The van der Waals surface area contributed by atoms with E-state index in [1.165, 1.54) is 44.9 Å². The molecule has 0 aromatic heterocycles. The van der Waals surface area contributed by atoms with Gasteiger partial charge in [-0.05, 0) is 29.7 Å². The first-order chi connectivity index (χ1) is 13.6. The first-order valence-electron chi connectivity index (χ1n) is 10.5. The number of amides is 2. The van der Waals surface area contributed by atoms with E-state index in [4.69, 9.17) is 5.73 Å². The first kappa shape index (κ1) is 21.7. The third-order valence-corrected chi connectivity index (χ3v) is 5.01. The van der Waals surface area contributed by atoms with E-state index in [1.807, 2.05) is 30.3 Å². The number of carbonyl (C=O) groups excluding carboxylic acids is 1. The molecule has 0 fully saturated rings. The lowest BCUT2D eigenvalue weighted by Gasteiger charge is -2.12. The van der Waals surface area contributed by atoms with E-state index in [0.717, 1.165) is 23.6 Å². The summed E-state index contributed by atoms with van der Waals surface area (Å²) in [6.45, 7) is 2.24. The third-order valence-electron chi connectivity index (χ3n) is 5.01. The molecule has 0 aliphatic heterocycles. The highest BCUT2D eigenvalue weighted by atomic mass is 16.3. The van der Waals surface area contributed by atoms with E-state index in [-0.39, 0.29) is 5.75 Å². The number of phenols is 1. The fraction of sp³-hybridized carbons (Fsp3) is 0.478. The van der Waals surface area contributed by atoms with Gasteiger partial charge in [0, 0.05) is 5.56 Å². The number of nitrogens with one attached hydrogen (secondary N) is 1. The molecule has 0 saturated heterocycles. The number of hydrazone groups is 1. The van der Waals surface area contributed by atoms with Crippen molar-refractivity contribution in [1.29, 1.82) is 0 Å². The Labute approximate surface area is 168 Å². The minimum absolute atomic E-state index is 0.166. The standard InChI is InChI=1S/C23H33N3O2/c1-2-3-4-5-6-7-8-9-10-15-20(25-26-23(24)28)22-19-14-12-11-13-18(19)16-17-21(22)27/h11-14,16-17,27H,2-10,15H2,1H3,(H3,24,26,28). The topological polar surface area (TPSA) is 87.7 Å². The number of fused-ring (bicyclic) bond motifs is 1. The van der Waals surface area contributed by atoms with Crippen LogP contribution in [-0.2, 0) is 0 Å². The molecule has 0 bridgehead atoms. The van der Waals surface area contributed by atoms with E-state index in [9.17, 15) is 9.90 Å². The van der Waals surface area contributed by atoms with E-state index in [0.29, 0.717) is 17.7 Å². The summed E-state index contributed by atoms with van der Waals surface area (Å²) in [5, 5.41) is 16.6. The fourth-order valence-corrected chi connectivity index (χ4v) is 3.53. The minimum Gasteiger partial charge on any atom is -0.507 e. The van der Waals surface area contributed by atoms with Gasteiger partial charge in [0.15, 0.2) is 0 Å². The highest BCUT2D eigenvalue weighted by Crippen LogP contribution is 2.29. The lowest BCUT2D eigenvalue weighted by Crippen LogP contribution is -2.26.